The molecular weight excluding hydrogens is 260 g/mol. The zero-order valence-corrected chi connectivity index (χ0v) is 14.3. The fraction of sp³-hybridized carbons (Fsp3) is 0.333. The molecule has 2 heteroatoms. The van der Waals surface area contributed by atoms with Gasteiger partial charge in [0.05, 0.1) is 0 Å². The maximum Gasteiger partial charge on any atom is 0.214 e. The van der Waals surface area contributed by atoms with Crippen molar-refractivity contribution in [1.29, 1.82) is 0 Å². The van der Waals surface area contributed by atoms with Crippen LogP contribution < -0.4 is 5.19 Å². The molecule has 0 amide bonds. The van der Waals surface area contributed by atoms with E-state index in [-0.39, 0.29) is 0 Å². The summed E-state index contributed by atoms with van der Waals surface area (Å²) in [7, 11) is -2.39. The van der Waals surface area contributed by atoms with Crippen LogP contribution in [0.5, 0.6) is 0 Å². The second kappa shape index (κ2) is 5.19. The fourth-order valence-electron chi connectivity index (χ4n) is 3.04. The van der Waals surface area contributed by atoms with E-state index in [2.05, 4.69) is 52.0 Å². The second-order valence-corrected chi connectivity index (χ2v) is 9.79. The normalized spacial score (nSPS) is 11.8. The summed E-state index contributed by atoms with van der Waals surface area (Å²) in [4.78, 5) is 10.8. The quantitative estimate of drug-likeness (QED) is 0.827. The Morgan fingerprint density at radius 3 is 1.75 bits per heavy atom. The van der Waals surface area contributed by atoms with Gasteiger partial charge in [-0.05, 0) is 79.4 Å². The van der Waals surface area contributed by atoms with Crippen LogP contribution in [-0.4, -0.2) is 13.1 Å². The van der Waals surface area contributed by atoms with Gasteiger partial charge in [0.2, 0.25) is 8.32 Å². The van der Waals surface area contributed by atoms with Crippen LogP contribution in [0.1, 0.15) is 22.3 Å². The van der Waals surface area contributed by atoms with Crippen molar-refractivity contribution in [2.75, 3.05) is 0 Å². The highest BCUT2D eigenvalue weighted by Crippen LogP contribution is 2.30. The summed E-state index contributed by atoms with van der Waals surface area (Å²) < 4.78 is 0. The molecule has 0 radical (unpaired) electrons. The van der Waals surface area contributed by atoms with Crippen molar-refractivity contribution in [2.45, 2.75) is 40.8 Å². The molecule has 2 aromatic rings. The van der Waals surface area contributed by atoms with Gasteiger partial charge in [-0.1, -0.05) is 30.3 Å². The third-order valence-corrected chi connectivity index (χ3v) is 6.21. The number of benzene rings is 2. The van der Waals surface area contributed by atoms with Crippen LogP contribution >= 0.6 is 0 Å². The summed E-state index contributed by atoms with van der Waals surface area (Å²) >= 11 is 0. The average molecular weight is 284 g/mol. The van der Waals surface area contributed by atoms with Crippen LogP contribution in [0.3, 0.4) is 0 Å². The van der Waals surface area contributed by atoms with Gasteiger partial charge in [-0.2, -0.15) is 0 Å². The fourth-order valence-corrected chi connectivity index (χ4v) is 5.09. The molecule has 0 fully saturated rings. The minimum absolute atomic E-state index is 1.18. The molecule has 0 unspecified atom stereocenters. The minimum atomic E-state index is -2.39. The molecule has 0 spiro atoms. The van der Waals surface area contributed by atoms with Gasteiger partial charge >= 0.3 is 0 Å². The largest absolute Gasteiger partial charge is 0.428 e. The Kier molecular flexibility index (Phi) is 3.90. The molecule has 106 valence electrons. The van der Waals surface area contributed by atoms with E-state index in [4.69, 9.17) is 0 Å². The number of rotatable bonds is 2. The first kappa shape index (κ1) is 15.0. The molecule has 0 aliphatic rings. The molecule has 1 nitrogen and oxygen atoms in total. The van der Waals surface area contributed by atoms with E-state index in [1.54, 1.807) is 0 Å². The van der Waals surface area contributed by atoms with Crippen LogP contribution in [0.2, 0.25) is 13.1 Å². The lowest BCUT2D eigenvalue weighted by molar-refractivity contribution is 0.568. The summed E-state index contributed by atoms with van der Waals surface area (Å²) in [5.74, 6) is 0. The van der Waals surface area contributed by atoms with Gasteiger partial charge in [-0.25, -0.2) is 0 Å². The number of hydrogen-bond donors (Lipinski definition) is 1. The summed E-state index contributed by atoms with van der Waals surface area (Å²) in [6, 6.07) is 10.4. The van der Waals surface area contributed by atoms with Crippen LogP contribution in [0.4, 0.5) is 0 Å². The lowest BCUT2D eigenvalue weighted by Crippen LogP contribution is -2.45. The van der Waals surface area contributed by atoms with E-state index in [0.29, 0.717) is 0 Å². The topological polar surface area (TPSA) is 20.2 Å². The van der Waals surface area contributed by atoms with Crippen molar-refractivity contribution >= 4 is 13.5 Å². The lowest BCUT2D eigenvalue weighted by atomic mass is 9.90. The van der Waals surface area contributed by atoms with Gasteiger partial charge < -0.3 is 4.80 Å². The van der Waals surface area contributed by atoms with Crippen molar-refractivity contribution < 1.29 is 4.80 Å². The highest BCUT2D eigenvalue weighted by molar-refractivity contribution is 6.84. The zero-order chi connectivity index (χ0) is 15.1. The van der Waals surface area contributed by atoms with E-state index >= 15 is 0 Å². The lowest BCUT2D eigenvalue weighted by Gasteiger charge is -2.27. The van der Waals surface area contributed by atoms with Gasteiger partial charge in [0, 0.05) is 0 Å². The molecule has 0 heterocycles. The van der Waals surface area contributed by atoms with Crippen molar-refractivity contribution in [3.63, 3.8) is 0 Å². The Labute approximate surface area is 123 Å². The monoisotopic (exact) mass is 284 g/mol. The van der Waals surface area contributed by atoms with Crippen molar-refractivity contribution in [2.24, 2.45) is 0 Å². The molecular formula is C18H24OSi. The Hall–Kier alpha value is -1.38. The Bertz CT molecular complexity index is 637. The summed E-state index contributed by atoms with van der Waals surface area (Å²) in [6.07, 6.45) is 0. The molecule has 0 saturated heterocycles. The van der Waals surface area contributed by atoms with E-state index in [9.17, 15) is 4.80 Å². The third-order valence-electron chi connectivity index (χ3n) is 4.36. The summed E-state index contributed by atoms with van der Waals surface area (Å²) in [5.41, 5.74) is 7.65. The smallest absolute Gasteiger partial charge is 0.214 e. The SMILES string of the molecule is Cc1c(C)c(C)c([Si](C)(C)O)c(-c2ccccc2)c1C. The van der Waals surface area contributed by atoms with E-state index in [0.717, 1.165) is 0 Å². The Morgan fingerprint density at radius 1 is 0.750 bits per heavy atom. The molecule has 2 rings (SSSR count). The molecule has 1 N–H and O–H groups in total. The maximum atomic E-state index is 10.8. The molecule has 0 saturated carbocycles. The molecule has 0 aliphatic carbocycles. The zero-order valence-electron chi connectivity index (χ0n) is 13.3. The predicted octanol–water partition coefficient (Wildman–Crippen LogP) is 3.99. The third kappa shape index (κ3) is 2.46. The van der Waals surface area contributed by atoms with Crippen LogP contribution in [0, 0.1) is 27.7 Å². The highest BCUT2D eigenvalue weighted by Gasteiger charge is 2.29. The van der Waals surface area contributed by atoms with Crippen molar-refractivity contribution in [3.05, 3.63) is 52.6 Å². The standard InChI is InChI=1S/C18H24OSi/c1-12-13(2)15(4)18(20(5,6)19)17(14(12)3)16-10-8-7-9-11-16/h7-11,19H,1-6H3. The van der Waals surface area contributed by atoms with Gasteiger partial charge in [0.25, 0.3) is 0 Å². The minimum Gasteiger partial charge on any atom is -0.428 e. The first-order valence-corrected chi connectivity index (χ1v) is 10.1. The molecule has 0 atom stereocenters. The molecule has 0 aliphatic heterocycles. The molecule has 0 bridgehead atoms. The maximum absolute atomic E-state index is 10.8. The van der Waals surface area contributed by atoms with Gasteiger partial charge in [-0.15, -0.1) is 0 Å². The van der Waals surface area contributed by atoms with Gasteiger partial charge in [0.1, 0.15) is 0 Å². The predicted molar refractivity (Wildman–Crippen MR) is 90.2 cm³/mol. The van der Waals surface area contributed by atoms with Crippen LogP contribution in [0.25, 0.3) is 11.1 Å². The highest BCUT2D eigenvalue weighted by atomic mass is 28.4. The van der Waals surface area contributed by atoms with E-state index in [1.165, 1.54) is 38.6 Å². The molecule has 2 aromatic carbocycles. The first-order chi connectivity index (χ1) is 9.25. The van der Waals surface area contributed by atoms with Crippen LogP contribution in [0.15, 0.2) is 30.3 Å². The molecule has 20 heavy (non-hydrogen) atoms. The van der Waals surface area contributed by atoms with Crippen LogP contribution in [-0.2, 0) is 0 Å². The number of hydrogen-bond acceptors (Lipinski definition) is 1. The first-order valence-electron chi connectivity index (χ1n) is 7.13. The molecule has 0 aromatic heterocycles. The van der Waals surface area contributed by atoms with Gasteiger partial charge in [0.15, 0.2) is 0 Å². The second-order valence-electron chi connectivity index (χ2n) is 6.18. The van der Waals surface area contributed by atoms with E-state index in [1.807, 2.05) is 19.2 Å². The Balaban J connectivity index is 2.92. The van der Waals surface area contributed by atoms with Crippen molar-refractivity contribution in [3.8, 4) is 11.1 Å². The average Bonchev–Trinajstić information content (AvgIpc) is 2.39. The summed E-state index contributed by atoms with van der Waals surface area (Å²) in [6.45, 7) is 12.7. The Morgan fingerprint density at radius 2 is 1.25 bits per heavy atom. The summed E-state index contributed by atoms with van der Waals surface area (Å²) in [5, 5.41) is 1.18. The van der Waals surface area contributed by atoms with E-state index < -0.39 is 8.32 Å². The van der Waals surface area contributed by atoms with Gasteiger partial charge in [-0.3, -0.25) is 0 Å². The van der Waals surface area contributed by atoms with Crippen molar-refractivity contribution in [1.82, 2.24) is 0 Å².